The van der Waals surface area contributed by atoms with Crippen molar-refractivity contribution in [3.05, 3.63) is 70.5 Å². The molecule has 2 aromatic rings. The second kappa shape index (κ2) is 13.0. The molecule has 0 radical (unpaired) electrons. The summed E-state index contributed by atoms with van der Waals surface area (Å²) in [4.78, 5) is 0. The lowest BCUT2D eigenvalue weighted by Gasteiger charge is -2.29. The van der Waals surface area contributed by atoms with Crippen LogP contribution in [0.3, 0.4) is 0 Å². The quantitative estimate of drug-likeness (QED) is 0.299. The van der Waals surface area contributed by atoms with Crippen LogP contribution in [0.4, 0.5) is 4.39 Å². The lowest BCUT2D eigenvalue weighted by Crippen LogP contribution is -2.13. The fraction of sp³-hybridized carbons (Fsp3) is 0.600. The molecule has 0 nitrogen and oxygen atoms in total. The number of rotatable bonds is 12. The minimum atomic E-state index is -0.00115. The van der Waals surface area contributed by atoms with Crippen molar-refractivity contribution in [2.24, 2.45) is 5.92 Å². The van der Waals surface area contributed by atoms with Crippen molar-refractivity contribution in [2.45, 2.75) is 110 Å². The predicted molar refractivity (Wildman–Crippen MR) is 132 cm³/mol. The number of hydrogen-bond donors (Lipinski definition) is 0. The topological polar surface area (TPSA) is 0 Å². The van der Waals surface area contributed by atoms with Crippen LogP contribution < -0.4 is 0 Å². The Balaban J connectivity index is 1.46. The maximum Gasteiger partial charge on any atom is 0.126 e. The first-order valence-corrected chi connectivity index (χ1v) is 13.1. The Kier molecular flexibility index (Phi) is 10.1. The summed E-state index contributed by atoms with van der Waals surface area (Å²) in [6.45, 7) is 4.52. The maximum atomic E-state index is 14.8. The molecule has 0 amide bonds. The lowest BCUT2D eigenvalue weighted by atomic mass is 9.77. The summed E-state index contributed by atoms with van der Waals surface area (Å²) in [6.07, 6.45) is 17.3. The SMILES string of the molecule is CCCCCc1ccc(CCc2ccc(C3CCC(CCCCC)CC3)cc2F)cc1. The van der Waals surface area contributed by atoms with Gasteiger partial charge >= 0.3 is 0 Å². The Labute approximate surface area is 190 Å². The molecule has 0 aliphatic heterocycles. The van der Waals surface area contributed by atoms with E-state index in [1.54, 1.807) is 0 Å². The molecular weight excluding hydrogens is 379 g/mol. The van der Waals surface area contributed by atoms with Crippen LogP contribution in [0.15, 0.2) is 42.5 Å². The lowest BCUT2D eigenvalue weighted by molar-refractivity contribution is 0.302. The zero-order valence-corrected chi connectivity index (χ0v) is 20.0. The second-order valence-electron chi connectivity index (χ2n) is 9.84. The molecule has 1 fully saturated rings. The summed E-state index contributed by atoms with van der Waals surface area (Å²) in [6, 6.07) is 15.1. The Morgan fingerprint density at radius 1 is 0.710 bits per heavy atom. The van der Waals surface area contributed by atoms with Crippen LogP contribution in [-0.4, -0.2) is 0 Å². The Morgan fingerprint density at radius 2 is 1.35 bits per heavy atom. The Bertz CT molecular complexity index is 752. The van der Waals surface area contributed by atoms with Gasteiger partial charge in [0.2, 0.25) is 0 Å². The maximum absolute atomic E-state index is 14.8. The third-order valence-electron chi connectivity index (χ3n) is 7.39. The van der Waals surface area contributed by atoms with Gasteiger partial charge < -0.3 is 0 Å². The molecule has 1 aliphatic carbocycles. The van der Waals surface area contributed by atoms with E-state index >= 15 is 0 Å². The minimum absolute atomic E-state index is 0.00115. The van der Waals surface area contributed by atoms with Gasteiger partial charge in [-0.05, 0) is 91.5 Å². The number of unbranched alkanes of at least 4 members (excludes halogenated alkanes) is 4. The second-order valence-corrected chi connectivity index (χ2v) is 9.84. The molecular formula is C30H43F. The van der Waals surface area contributed by atoms with Crippen LogP contribution in [-0.2, 0) is 19.3 Å². The van der Waals surface area contributed by atoms with E-state index in [9.17, 15) is 4.39 Å². The van der Waals surface area contributed by atoms with Crippen molar-refractivity contribution in [2.75, 3.05) is 0 Å². The van der Waals surface area contributed by atoms with Gasteiger partial charge in [-0.25, -0.2) is 4.39 Å². The molecule has 0 aromatic heterocycles. The number of halogens is 1. The zero-order chi connectivity index (χ0) is 21.9. The van der Waals surface area contributed by atoms with Gasteiger partial charge in [0.15, 0.2) is 0 Å². The Morgan fingerprint density at radius 3 is 2.00 bits per heavy atom. The first-order valence-electron chi connectivity index (χ1n) is 13.1. The van der Waals surface area contributed by atoms with Crippen LogP contribution >= 0.6 is 0 Å². The van der Waals surface area contributed by atoms with Gasteiger partial charge in [0.05, 0.1) is 0 Å². The van der Waals surface area contributed by atoms with Crippen molar-refractivity contribution in [3.8, 4) is 0 Å². The van der Waals surface area contributed by atoms with E-state index in [-0.39, 0.29) is 5.82 Å². The molecule has 0 spiro atoms. The van der Waals surface area contributed by atoms with Crippen LogP contribution in [0.25, 0.3) is 0 Å². The average Bonchev–Trinajstić information content (AvgIpc) is 2.80. The summed E-state index contributed by atoms with van der Waals surface area (Å²) < 4.78 is 14.8. The van der Waals surface area contributed by atoms with E-state index in [1.807, 2.05) is 6.07 Å². The molecule has 0 heterocycles. The van der Waals surface area contributed by atoms with Gasteiger partial charge in [0.25, 0.3) is 0 Å². The normalized spacial score (nSPS) is 18.9. The van der Waals surface area contributed by atoms with E-state index in [4.69, 9.17) is 0 Å². The highest BCUT2D eigenvalue weighted by Crippen LogP contribution is 2.38. The highest BCUT2D eigenvalue weighted by Gasteiger charge is 2.22. The molecule has 3 rings (SSSR count). The highest BCUT2D eigenvalue weighted by molar-refractivity contribution is 5.29. The molecule has 0 saturated heterocycles. The first-order chi connectivity index (χ1) is 15.2. The summed E-state index contributed by atoms with van der Waals surface area (Å²) in [5.74, 6) is 1.47. The van der Waals surface area contributed by atoms with Crippen LogP contribution in [0, 0.1) is 11.7 Å². The molecule has 0 N–H and O–H groups in total. The molecule has 1 saturated carbocycles. The van der Waals surface area contributed by atoms with Crippen molar-refractivity contribution < 1.29 is 4.39 Å². The molecule has 170 valence electrons. The summed E-state index contributed by atoms with van der Waals surface area (Å²) in [7, 11) is 0. The van der Waals surface area contributed by atoms with E-state index in [1.165, 1.54) is 93.7 Å². The van der Waals surface area contributed by atoms with Crippen LogP contribution in [0.1, 0.15) is 113 Å². The fourth-order valence-corrected chi connectivity index (χ4v) is 5.22. The van der Waals surface area contributed by atoms with E-state index in [0.29, 0.717) is 5.92 Å². The first kappa shape index (κ1) is 24.0. The minimum Gasteiger partial charge on any atom is -0.207 e. The van der Waals surface area contributed by atoms with Gasteiger partial charge in [-0.2, -0.15) is 0 Å². The highest BCUT2D eigenvalue weighted by atomic mass is 19.1. The largest absolute Gasteiger partial charge is 0.207 e. The third kappa shape index (κ3) is 7.78. The molecule has 2 aromatic carbocycles. The number of benzene rings is 2. The van der Waals surface area contributed by atoms with Crippen molar-refractivity contribution in [1.29, 1.82) is 0 Å². The summed E-state index contributed by atoms with van der Waals surface area (Å²) in [5.41, 5.74) is 4.82. The van der Waals surface area contributed by atoms with Gasteiger partial charge in [-0.1, -0.05) is 88.8 Å². The van der Waals surface area contributed by atoms with E-state index in [2.05, 4.69) is 50.2 Å². The monoisotopic (exact) mass is 422 g/mol. The van der Waals surface area contributed by atoms with Crippen molar-refractivity contribution >= 4 is 0 Å². The molecule has 0 atom stereocenters. The molecule has 1 aliphatic rings. The standard InChI is InChI=1S/C30H43F/c1-3-5-7-9-24-11-13-26(14-12-24)17-20-28-21-22-29(23-30(28)31)27-18-15-25(16-19-27)10-8-6-4-2/h11-14,21-23,25,27H,3-10,15-20H2,1-2H3. The van der Waals surface area contributed by atoms with E-state index in [0.717, 1.165) is 24.3 Å². The van der Waals surface area contributed by atoms with Crippen molar-refractivity contribution in [1.82, 2.24) is 0 Å². The van der Waals surface area contributed by atoms with Crippen LogP contribution in [0.5, 0.6) is 0 Å². The van der Waals surface area contributed by atoms with Gasteiger partial charge in [0, 0.05) is 0 Å². The zero-order valence-electron chi connectivity index (χ0n) is 20.0. The Hall–Kier alpha value is -1.63. The predicted octanol–water partition coefficient (Wildman–Crippen LogP) is 9.20. The van der Waals surface area contributed by atoms with Gasteiger partial charge in [-0.15, -0.1) is 0 Å². The fourth-order valence-electron chi connectivity index (χ4n) is 5.22. The van der Waals surface area contributed by atoms with Crippen LogP contribution in [0.2, 0.25) is 0 Å². The summed E-state index contributed by atoms with van der Waals surface area (Å²) in [5, 5.41) is 0. The molecule has 0 bridgehead atoms. The molecule has 1 heteroatoms. The van der Waals surface area contributed by atoms with Gasteiger partial charge in [-0.3, -0.25) is 0 Å². The van der Waals surface area contributed by atoms with Gasteiger partial charge in [0.1, 0.15) is 5.82 Å². The third-order valence-corrected chi connectivity index (χ3v) is 7.39. The number of hydrogen-bond acceptors (Lipinski definition) is 0. The van der Waals surface area contributed by atoms with E-state index < -0.39 is 0 Å². The molecule has 0 unspecified atom stereocenters. The molecule has 31 heavy (non-hydrogen) atoms. The van der Waals surface area contributed by atoms with Crippen molar-refractivity contribution in [3.63, 3.8) is 0 Å². The smallest absolute Gasteiger partial charge is 0.126 e. The summed E-state index contributed by atoms with van der Waals surface area (Å²) >= 11 is 0. The average molecular weight is 423 g/mol. The number of aryl methyl sites for hydroxylation is 3.